The maximum absolute atomic E-state index is 11.5. The Morgan fingerprint density at radius 3 is 2.56 bits per heavy atom. The molecule has 0 saturated heterocycles. The number of phenols is 2. The summed E-state index contributed by atoms with van der Waals surface area (Å²) in [5, 5.41) is 29.5. The second-order valence-electron chi connectivity index (χ2n) is 3.57. The quantitative estimate of drug-likeness (QED) is 0.495. The maximum Gasteiger partial charge on any atom is 0.326 e. The Balaban J connectivity index is 2.46. The van der Waals surface area contributed by atoms with Crippen LogP contribution in [0.25, 0.3) is 0 Å². The normalized spacial score (nSPS) is 18.8. The molecule has 0 spiro atoms. The van der Waals surface area contributed by atoms with Gasteiger partial charge in [-0.2, -0.15) is 0 Å². The molecule has 0 bridgehead atoms. The highest BCUT2D eigenvalue weighted by atomic mass is 16.4. The van der Waals surface area contributed by atoms with E-state index in [4.69, 9.17) is 5.11 Å². The Hall–Kier alpha value is -2.24. The van der Waals surface area contributed by atoms with Crippen molar-refractivity contribution in [2.24, 2.45) is 0 Å². The van der Waals surface area contributed by atoms with E-state index in [-0.39, 0.29) is 17.7 Å². The van der Waals surface area contributed by atoms with Crippen molar-refractivity contribution in [2.45, 2.75) is 12.5 Å². The minimum atomic E-state index is -1.13. The standard InChI is InChI=1S/C10H9NO5/c12-7-2-4-1-6(10(15)16)11-9(14)5(4)3-8(7)13/h2-3,6,12-13H,1H2,(H,11,14)(H,15,16). The fourth-order valence-corrected chi connectivity index (χ4v) is 1.66. The van der Waals surface area contributed by atoms with E-state index in [0.717, 1.165) is 6.07 Å². The van der Waals surface area contributed by atoms with E-state index >= 15 is 0 Å². The number of phenolic OH excluding ortho intramolecular Hbond substituents is 2. The predicted octanol–water partition coefficient (Wildman–Crippen LogP) is -0.163. The lowest BCUT2D eigenvalue weighted by molar-refractivity contribution is -0.139. The van der Waals surface area contributed by atoms with Gasteiger partial charge in [0.05, 0.1) is 0 Å². The third kappa shape index (κ3) is 1.54. The number of amides is 1. The fraction of sp³-hybridized carbons (Fsp3) is 0.200. The number of carbonyl (C=O) groups excluding carboxylic acids is 1. The average Bonchev–Trinajstić information content (AvgIpc) is 2.20. The lowest BCUT2D eigenvalue weighted by atomic mass is 9.94. The van der Waals surface area contributed by atoms with E-state index in [1.807, 2.05) is 0 Å². The summed E-state index contributed by atoms with van der Waals surface area (Å²) >= 11 is 0. The first kappa shape index (κ1) is 10.3. The molecule has 1 atom stereocenters. The molecule has 0 aliphatic carbocycles. The van der Waals surface area contributed by atoms with Gasteiger partial charge in [0.15, 0.2) is 11.5 Å². The molecule has 1 unspecified atom stereocenters. The summed E-state index contributed by atoms with van der Waals surface area (Å²) in [6, 6.07) is 1.33. The van der Waals surface area contributed by atoms with Gasteiger partial charge < -0.3 is 20.6 Å². The van der Waals surface area contributed by atoms with Crippen LogP contribution in [0.15, 0.2) is 12.1 Å². The molecule has 16 heavy (non-hydrogen) atoms. The number of carboxylic acid groups (broad SMARTS) is 1. The molecular weight excluding hydrogens is 214 g/mol. The van der Waals surface area contributed by atoms with Gasteiger partial charge in [-0.1, -0.05) is 0 Å². The molecule has 6 heteroatoms. The molecule has 2 rings (SSSR count). The van der Waals surface area contributed by atoms with E-state index in [2.05, 4.69) is 5.32 Å². The van der Waals surface area contributed by atoms with Crippen LogP contribution in [0.3, 0.4) is 0 Å². The highest BCUT2D eigenvalue weighted by Gasteiger charge is 2.29. The van der Waals surface area contributed by atoms with E-state index in [1.54, 1.807) is 0 Å². The zero-order valence-electron chi connectivity index (χ0n) is 8.10. The molecule has 1 aliphatic heterocycles. The first-order valence-corrected chi connectivity index (χ1v) is 4.57. The van der Waals surface area contributed by atoms with Crippen LogP contribution in [-0.4, -0.2) is 33.2 Å². The largest absolute Gasteiger partial charge is 0.504 e. The predicted molar refractivity (Wildman–Crippen MR) is 52.4 cm³/mol. The number of nitrogens with one attached hydrogen (secondary N) is 1. The van der Waals surface area contributed by atoms with Crippen molar-refractivity contribution in [3.05, 3.63) is 23.3 Å². The summed E-state index contributed by atoms with van der Waals surface area (Å²) in [6.45, 7) is 0. The van der Waals surface area contributed by atoms with Gasteiger partial charge >= 0.3 is 5.97 Å². The summed E-state index contributed by atoms with van der Waals surface area (Å²) < 4.78 is 0. The Labute approximate surface area is 90.1 Å². The molecule has 1 heterocycles. The molecule has 0 saturated carbocycles. The van der Waals surface area contributed by atoms with Crippen LogP contribution >= 0.6 is 0 Å². The first-order chi connectivity index (χ1) is 7.49. The van der Waals surface area contributed by atoms with Gasteiger partial charge in [-0.05, 0) is 17.7 Å². The van der Waals surface area contributed by atoms with Crippen LogP contribution in [0, 0.1) is 0 Å². The van der Waals surface area contributed by atoms with Crippen LogP contribution in [0.2, 0.25) is 0 Å². The van der Waals surface area contributed by atoms with Crippen LogP contribution in [0.1, 0.15) is 15.9 Å². The van der Waals surface area contributed by atoms with Crippen molar-refractivity contribution in [3.63, 3.8) is 0 Å². The van der Waals surface area contributed by atoms with Crippen LogP contribution in [0.4, 0.5) is 0 Å². The van der Waals surface area contributed by atoms with Gasteiger partial charge in [0.1, 0.15) is 6.04 Å². The SMILES string of the molecule is O=C1NC(C(=O)O)Cc2cc(O)c(O)cc21. The second kappa shape index (κ2) is 3.41. The van der Waals surface area contributed by atoms with Gasteiger partial charge in [-0.3, -0.25) is 4.79 Å². The summed E-state index contributed by atoms with van der Waals surface area (Å²) in [7, 11) is 0. The molecule has 0 radical (unpaired) electrons. The number of rotatable bonds is 1. The first-order valence-electron chi connectivity index (χ1n) is 4.57. The van der Waals surface area contributed by atoms with Crippen LogP contribution in [-0.2, 0) is 11.2 Å². The average molecular weight is 223 g/mol. The number of fused-ring (bicyclic) bond motifs is 1. The Morgan fingerprint density at radius 2 is 1.94 bits per heavy atom. The van der Waals surface area contributed by atoms with Crippen molar-refractivity contribution in [1.29, 1.82) is 0 Å². The van der Waals surface area contributed by atoms with Crippen LogP contribution < -0.4 is 5.32 Å². The number of hydrogen-bond acceptors (Lipinski definition) is 4. The van der Waals surface area contributed by atoms with Crippen molar-refractivity contribution in [2.75, 3.05) is 0 Å². The van der Waals surface area contributed by atoms with E-state index in [1.165, 1.54) is 6.07 Å². The van der Waals surface area contributed by atoms with Gasteiger partial charge in [0.25, 0.3) is 5.91 Å². The van der Waals surface area contributed by atoms with Crippen molar-refractivity contribution >= 4 is 11.9 Å². The van der Waals surface area contributed by atoms with E-state index in [0.29, 0.717) is 5.56 Å². The third-order valence-electron chi connectivity index (χ3n) is 2.47. The molecule has 84 valence electrons. The molecule has 0 fully saturated rings. The zero-order chi connectivity index (χ0) is 11.9. The number of carboxylic acids is 1. The number of hydrogen-bond donors (Lipinski definition) is 4. The maximum atomic E-state index is 11.5. The zero-order valence-corrected chi connectivity index (χ0v) is 8.10. The topological polar surface area (TPSA) is 107 Å². The highest BCUT2D eigenvalue weighted by Crippen LogP contribution is 2.30. The van der Waals surface area contributed by atoms with Crippen molar-refractivity contribution in [1.82, 2.24) is 5.32 Å². The highest BCUT2D eigenvalue weighted by molar-refractivity contribution is 6.00. The molecule has 0 aromatic heterocycles. The molecule has 1 amide bonds. The molecule has 6 nitrogen and oxygen atoms in total. The number of aliphatic carboxylic acids is 1. The van der Waals surface area contributed by atoms with Gasteiger partial charge in [0.2, 0.25) is 0 Å². The second-order valence-corrected chi connectivity index (χ2v) is 3.57. The lowest BCUT2D eigenvalue weighted by Gasteiger charge is -2.22. The van der Waals surface area contributed by atoms with E-state index < -0.39 is 23.7 Å². The Morgan fingerprint density at radius 1 is 1.31 bits per heavy atom. The minimum absolute atomic E-state index is 0.0875. The van der Waals surface area contributed by atoms with Gasteiger partial charge in [-0.25, -0.2) is 4.79 Å². The number of aromatic hydroxyl groups is 2. The van der Waals surface area contributed by atoms with Gasteiger partial charge in [0, 0.05) is 12.0 Å². The Bertz CT molecular complexity index is 482. The lowest BCUT2D eigenvalue weighted by Crippen LogP contribution is -2.46. The minimum Gasteiger partial charge on any atom is -0.504 e. The van der Waals surface area contributed by atoms with Gasteiger partial charge in [-0.15, -0.1) is 0 Å². The fourth-order valence-electron chi connectivity index (χ4n) is 1.66. The number of benzene rings is 1. The summed E-state index contributed by atoms with van der Waals surface area (Å²) in [6.07, 6.45) is 0.0875. The molecular formula is C10H9NO5. The number of carbonyl (C=O) groups is 2. The van der Waals surface area contributed by atoms with Crippen molar-refractivity contribution < 1.29 is 24.9 Å². The Kier molecular flexibility index (Phi) is 2.19. The van der Waals surface area contributed by atoms with Crippen LogP contribution in [0.5, 0.6) is 11.5 Å². The third-order valence-corrected chi connectivity index (χ3v) is 2.47. The monoisotopic (exact) mass is 223 g/mol. The smallest absolute Gasteiger partial charge is 0.326 e. The molecule has 1 aromatic rings. The summed E-state index contributed by atoms with van der Waals surface area (Å²) in [4.78, 5) is 22.2. The van der Waals surface area contributed by atoms with Crippen molar-refractivity contribution in [3.8, 4) is 11.5 Å². The van der Waals surface area contributed by atoms with E-state index in [9.17, 15) is 19.8 Å². The molecule has 1 aliphatic rings. The molecule has 4 N–H and O–H groups in total. The molecule has 1 aromatic carbocycles. The summed E-state index contributed by atoms with van der Waals surface area (Å²) in [5.74, 6) is -2.46. The summed E-state index contributed by atoms with van der Waals surface area (Å²) in [5.41, 5.74) is 0.597.